The van der Waals surface area contributed by atoms with Crippen molar-refractivity contribution in [2.75, 3.05) is 5.32 Å². The third kappa shape index (κ3) is 4.68. The molecular formula is C26H26FN7OS. The van der Waals surface area contributed by atoms with Crippen LogP contribution in [0.15, 0.2) is 53.7 Å². The number of aryl methyl sites for hydroxylation is 3. The molecule has 0 aliphatic heterocycles. The first-order valence-electron chi connectivity index (χ1n) is 11.8. The Bertz CT molecular complexity index is 1540. The van der Waals surface area contributed by atoms with E-state index in [-0.39, 0.29) is 11.6 Å². The van der Waals surface area contributed by atoms with Crippen molar-refractivity contribution < 1.29 is 9.18 Å². The molecule has 0 unspecified atom stereocenters. The van der Waals surface area contributed by atoms with Gasteiger partial charge in [0.25, 0.3) is 0 Å². The number of nitrogens with zero attached hydrogens (tertiary/aromatic N) is 5. The molecule has 10 heteroatoms. The molecule has 36 heavy (non-hydrogen) atoms. The van der Waals surface area contributed by atoms with Gasteiger partial charge in [-0.25, -0.2) is 14.4 Å². The number of nitrogens with one attached hydrogen (secondary N) is 2. The summed E-state index contributed by atoms with van der Waals surface area (Å²) in [5.74, 6) is -0.0678. The van der Waals surface area contributed by atoms with Crippen LogP contribution in [-0.4, -0.2) is 40.9 Å². The average molecular weight is 504 g/mol. The Morgan fingerprint density at radius 1 is 1.11 bits per heavy atom. The maximum absolute atomic E-state index is 14.1. The van der Waals surface area contributed by atoms with Crippen LogP contribution in [0.25, 0.3) is 16.6 Å². The first kappa shape index (κ1) is 23.9. The highest BCUT2D eigenvalue weighted by atomic mass is 32.2. The quantitative estimate of drug-likeness (QED) is 0.227. The van der Waals surface area contributed by atoms with E-state index in [4.69, 9.17) is 15.1 Å². The van der Waals surface area contributed by atoms with Gasteiger partial charge in [-0.15, -0.1) is 5.10 Å². The molecule has 184 valence electrons. The number of fused-ring (bicyclic) bond motifs is 3. The highest BCUT2D eigenvalue weighted by Crippen LogP contribution is 2.29. The summed E-state index contributed by atoms with van der Waals surface area (Å²) in [7, 11) is 0. The van der Waals surface area contributed by atoms with E-state index in [1.807, 2.05) is 45.0 Å². The molecule has 0 saturated heterocycles. The predicted molar refractivity (Wildman–Crippen MR) is 139 cm³/mol. The molecule has 2 aromatic carbocycles. The van der Waals surface area contributed by atoms with E-state index in [0.29, 0.717) is 29.5 Å². The zero-order valence-electron chi connectivity index (χ0n) is 20.2. The highest BCUT2D eigenvalue weighted by Gasteiger charge is 2.23. The summed E-state index contributed by atoms with van der Waals surface area (Å²) in [6, 6.07) is 13.9. The van der Waals surface area contributed by atoms with E-state index in [2.05, 4.69) is 15.5 Å². The lowest BCUT2D eigenvalue weighted by Crippen LogP contribution is -2.25. The summed E-state index contributed by atoms with van der Waals surface area (Å²) in [4.78, 5) is 22.7. The summed E-state index contributed by atoms with van der Waals surface area (Å²) < 4.78 is 15.8. The summed E-state index contributed by atoms with van der Waals surface area (Å²) >= 11 is 1.30. The van der Waals surface area contributed by atoms with Crippen LogP contribution < -0.4 is 5.32 Å². The SMILES string of the molecule is CC[C@@H](Sc1nc2ccccc2c2nc(CCc3c(C)n[nH]c3C)nn12)C(=O)Nc1ccccc1F. The molecule has 0 bridgehead atoms. The smallest absolute Gasteiger partial charge is 0.238 e. The van der Waals surface area contributed by atoms with E-state index >= 15 is 0 Å². The van der Waals surface area contributed by atoms with Gasteiger partial charge in [-0.2, -0.15) is 9.61 Å². The lowest BCUT2D eigenvalue weighted by atomic mass is 10.1. The van der Waals surface area contributed by atoms with Crippen molar-refractivity contribution in [3.05, 3.63) is 77.1 Å². The second kappa shape index (κ2) is 10.1. The molecular weight excluding hydrogens is 477 g/mol. The fraction of sp³-hybridized carbons (Fsp3) is 0.269. The summed E-state index contributed by atoms with van der Waals surface area (Å²) in [5.41, 5.74) is 4.83. The Labute approximate surface area is 211 Å². The van der Waals surface area contributed by atoms with Gasteiger partial charge < -0.3 is 5.32 Å². The molecule has 0 fully saturated rings. The third-order valence-electron chi connectivity index (χ3n) is 6.12. The largest absolute Gasteiger partial charge is 0.323 e. The molecule has 3 heterocycles. The number of carbonyl (C=O) groups is 1. The Balaban J connectivity index is 1.47. The number of aromatic nitrogens is 6. The minimum Gasteiger partial charge on any atom is -0.323 e. The lowest BCUT2D eigenvalue weighted by molar-refractivity contribution is -0.115. The van der Waals surface area contributed by atoms with Crippen LogP contribution in [0.1, 0.15) is 36.1 Å². The lowest BCUT2D eigenvalue weighted by Gasteiger charge is -2.15. The molecule has 1 amide bonds. The van der Waals surface area contributed by atoms with Crippen LogP contribution >= 0.6 is 11.8 Å². The number of para-hydroxylation sites is 2. The average Bonchev–Trinajstić information content (AvgIpc) is 3.45. The standard InChI is InChI=1S/C26H26FN7OS/c1-4-22(25(35)28-21-12-8-6-10-19(21)27)36-26-29-20-11-7-5-9-18(20)24-30-23(33-34(24)26)14-13-17-15(2)31-32-16(17)3/h5-12,22H,4,13-14H2,1-3H3,(H,28,35)(H,31,32)/t22-/m1/s1. The van der Waals surface area contributed by atoms with Crippen LogP contribution in [-0.2, 0) is 17.6 Å². The van der Waals surface area contributed by atoms with Gasteiger partial charge in [0.15, 0.2) is 16.6 Å². The molecule has 2 N–H and O–H groups in total. The molecule has 5 rings (SSSR count). The Morgan fingerprint density at radius 2 is 1.89 bits per heavy atom. The number of benzene rings is 2. The number of hydrogen-bond donors (Lipinski definition) is 2. The second-order valence-corrected chi connectivity index (χ2v) is 9.74. The van der Waals surface area contributed by atoms with E-state index < -0.39 is 11.1 Å². The topological polar surface area (TPSA) is 101 Å². The summed E-state index contributed by atoms with van der Waals surface area (Å²) in [5, 5.41) is 15.7. The summed E-state index contributed by atoms with van der Waals surface area (Å²) in [6.07, 6.45) is 1.94. The van der Waals surface area contributed by atoms with E-state index in [1.54, 1.807) is 22.7 Å². The van der Waals surface area contributed by atoms with E-state index in [0.717, 1.165) is 28.7 Å². The highest BCUT2D eigenvalue weighted by molar-refractivity contribution is 8.00. The van der Waals surface area contributed by atoms with Crippen molar-refractivity contribution in [2.45, 2.75) is 50.4 Å². The van der Waals surface area contributed by atoms with Gasteiger partial charge >= 0.3 is 0 Å². The summed E-state index contributed by atoms with van der Waals surface area (Å²) in [6.45, 7) is 5.91. The first-order valence-corrected chi connectivity index (χ1v) is 12.7. The van der Waals surface area contributed by atoms with Gasteiger partial charge in [-0.1, -0.05) is 43.0 Å². The fourth-order valence-electron chi connectivity index (χ4n) is 4.16. The number of anilines is 1. The van der Waals surface area contributed by atoms with Crippen molar-refractivity contribution >= 4 is 39.9 Å². The van der Waals surface area contributed by atoms with E-state index in [9.17, 15) is 9.18 Å². The molecule has 0 spiro atoms. The number of amides is 1. The second-order valence-electron chi connectivity index (χ2n) is 8.57. The van der Waals surface area contributed by atoms with E-state index in [1.165, 1.54) is 23.4 Å². The normalized spacial score (nSPS) is 12.3. The number of hydrogen-bond acceptors (Lipinski definition) is 6. The molecule has 8 nitrogen and oxygen atoms in total. The Hall–Kier alpha value is -3.79. The maximum atomic E-state index is 14.1. The number of rotatable bonds is 8. The molecule has 0 radical (unpaired) electrons. The number of aromatic amines is 1. The van der Waals surface area contributed by atoms with Crippen LogP contribution in [0.2, 0.25) is 0 Å². The Morgan fingerprint density at radius 3 is 2.64 bits per heavy atom. The van der Waals surface area contributed by atoms with Gasteiger partial charge in [-0.05, 0) is 56.5 Å². The van der Waals surface area contributed by atoms with Crippen molar-refractivity contribution in [1.82, 2.24) is 29.8 Å². The van der Waals surface area contributed by atoms with Crippen LogP contribution in [0, 0.1) is 19.7 Å². The molecule has 5 aromatic rings. The van der Waals surface area contributed by atoms with Crippen molar-refractivity contribution in [1.29, 1.82) is 0 Å². The minimum absolute atomic E-state index is 0.158. The van der Waals surface area contributed by atoms with Gasteiger partial charge in [0.05, 0.1) is 22.1 Å². The van der Waals surface area contributed by atoms with Gasteiger partial charge in [0.1, 0.15) is 5.82 Å². The predicted octanol–water partition coefficient (Wildman–Crippen LogP) is 5.05. The zero-order chi connectivity index (χ0) is 25.2. The van der Waals surface area contributed by atoms with Gasteiger partial charge in [-0.3, -0.25) is 9.89 Å². The maximum Gasteiger partial charge on any atom is 0.238 e. The molecule has 0 aliphatic carbocycles. The van der Waals surface area contributed by atoms with Crippen molar-refractivity contribution in [3.63, 3.8) is 0 Å². The number of thioether (sulfide) groups is 1. The van der Waals surface area contributed by atoms with Gasteiger partial charge in [0, 0.05) is 17.5 Å². The van der Waals surface area contributed by atoms with Crippen LogP contribution in [0.5, 0.6) is 0 Å². The fourth-order valence-corrected chi connectivity index (χ4v) is 5.13. The van der Waals surface area contributed by atoms with Crippen molar-refractivity contribution in [3.8, 4) is 0 Å². The van der Waals surface area contributed by atoms with Crippen LogP contribution in [0.3, 0.4) is 0 Å². The molecule has 3 aromatic heterocycles. The van der Waals surface area contributed by atoms with Gasteiger partial charge in [0.2, 0.25) is 5.91 Å². The number of H-pyrrole nitrogens is 1. The molecule has 0 aliphatic rings. The molecule has 1 atom stereocenters. The first-order chi connectivity index (χ1) is 17.4. The van der Waals surface area contributed by atoms with Crippen LogP contribution in [0.4, 0.5) is 10.1 Å². The Kier molecular flexibility index (Phi) is 6.69. The zero-order valence-corrected chi connectivity index (χ0v) is 21.1. The molecule has 0 saturated carbocycles. The minimum atomic E-state index is -0.495. The number of carbonyl (C=O) groups excluding carboxylic acids is 1. The number of halogens is 1. The monoisotopic (exact) mass is 503 g/mol. The third-order valence-corrected chi connectivity index (χ3v) is 7.42. The van der Waals surface area contributed by atoms with Crippen molar-refractivity contribution in [2.24, 2.45) is 0 Å².